The Kier molecular flexibility index (Phi) is 13.7. The first-order chi connectivity index (χ1) is 21.9. The molecule has 2 N–H and O–H groups in total. The minimum atomic E-state index is -3.13. The number of allylic oxidation sites excluding steroid dienone is 1. The monoisotopic (exact) mass is 680 g/mol. The number of fused-ring (bicyclic) bond motifs is 2. The van der Waals surface area contributed by atoms with Crippen LogP contribution >= 0.6 is 0 Å². The number of carbonyl (C=O) groups is 1. The maximum absolute atomic E-state index is 14.0. The van der Waals surface area contributed by atoms with E-state index in [-0.39, 0.29) is 56.7 Å². The normalized spacial score (nSPS) is 30.9. The Hall–Kier alpha value is -3.41. The summed E-state index contributed by atoms with van der Waals surface area (Å²) >= 11 is 0. The van der Waals surface area contributed by atoms with E-state index in [9.17, 15) is 32.6 Å². The molecule has 11 heteroatoms. The number of para-hydroxylation sites is 2. The predicted molar refractivity (Wildman–Crippen MR) is 174 cm³/mol. The molecule has 2 aliphatic heterocycles. The highest BCUT2D eigenvalue weighted by atomic mass is 19.3. The van der Waals surface area contributed by atoms with Gasteiger partial charge in [0, 0.05) is 24.7 Å². The van der Waals surface area contributed by atoms with Crippen molar-refractivity contribution in [2.24, 2.45) is 29.6 Å². The number of benzene rings is 2. The van der Waals surface area contributed by atoms with Crippen molar-refractivity contribution >= 4 is 5.97 Å². The van der Waals surface area contributed by atoms with E-state index < -0.39 is 43.4 Å². The van der Waals surface area contributed by atoms with E-state index in [2.05, 4.69) is 0 Å². The van der Waals surface area contributed by atoms with E-state index in [0.717, 1.165) is 18.6 Å². The largest absolute Gasteiger partial charge is 0.487 e. The Morgan fingerprint density at radius 2 is 1.29 bits per heavy atom. The Bertz CT molecular complexity index is 1340. The molecule has 0 amide bonds. The number of rotatable bonds is 10. The van der Waals surface area contributed by atoms with Gasteiger partial charge in [0.1, 0.15) is 17.6 Å². The van der Waals surface area contributed by atoms with Crippen LogP contribution in [0.2, 0.25) is 0 Å². The number of ether oxygens (including phenoxy) is 4. The fraction of sp³-hybridized carbons (Fsp3) is 0.541. The van der Waals surface area contributed by atoms with Gasteiger partial charge < -0.3 is 29.2 Å². The van der Waals surface area contributed by atoms with Gasteiger partial charge >= 0.3 is 5.97 Å². The van der Waals surface area contributed by atoms with Crippen LogP contribution in [0.4, 0.5) is 17.6 Å². The first kappa shape index (κ1) is 39.0. The van der Waals surface area contributed by atoms with Crippen molar-refractivity contribution in [3.8, 4) is 11.5 Å². The van der Waals surface area contributed by atoms with Gasteiger partial charge in [-0.05, 0) is 60.6 Å². The number of halogens is 4. The van der Waals surface area contributed by atoms with Crippen LogP contribution in [0.1, 0.15) is 47.5 Å². The van der Waals surface area contributed by atoms with E-state index in [1.807, 2.05) is 6.92 Å². The van der Waals surface area contributed by atoms with Crippen molar-refractivity contribution in [2.45, 2.75) is 83.9 Å². The fourth-order valence-electron chi connectivity index (χ4n) is 6.84. The Morgan fingerprint density at radius 1 is 0.771 bits per heavy atom. The second-order valence-electron chi connectivity index (χ2n) is 12.5. The molecule has 0 radical (unpaired) electrons. The lowest BCUT2D eigenvalue weighted by atomic mass is 9.88. The highest BCUT2D eigenvalue weighted by molar-refractivity contribution is 5.72. The van der Waals surface area contributed by atoms with Gasteiger partial charge in [0.15, 0.2) is 19.5 Å². The van der Waals surface area contributed by atoms with Gasteiger partial charge in [0.2, 0.25) is 0 Å². The standard InChI is InChI=1S/C18H20F2O3.C17H20F2O4.2CH4/c1-12-9-16-15(10-17(21)23-16)14(12)7-8-18(19,20)11-22-13-5-3-2-4-6-13;18-17(19,10-22-11-4-2-1-3-5-11)7-6-12-13-8-16(21)23-15(13)9-14(12)20;;/h2-8,12,14-16H,9-11H2,1H3;1-7,12-16,20-21H,8-10H2;2*1H4/b8-7+;7-6+;;/t12-,14+,15-,16+;12-,13-,14-,15+,16?;;/m11../s1. The summed E-state index contributed by atoms with van der Waals surface area (Å²) in [6, 6.07) is 17.0. The molecule has 0 spiro atoms. The first-order valence-electron chi connectivity index (χ1n) is 15.6. The van der Waals surface area contributed by atoms with E-state index in [0.29, 0.717) is 30.8 Å². The van der Waals surface area contributed by atoms with Crippen LogP contribution in [-0.2, 0) is 14.3 Å². The molecule has 266 valence electrons. The molecule has 0 bridgehead atoms. The molecule has 2 aromatic rings. The average Bonchev–Trinajstić information content (AvgIpc) is 3.72. The Morgan fingerprint density at radius 3 is 1.83 bits per heavy atom. The van der Waals surface area contributed by atoms with Crippen molar-refractivity contribution in [3.05, 3.63) is 85.0 Å². The van der Waals surface area contributed by atoms with Gasteiger partial charge in [-0.3, -0.25) is 4.79 Å². The number of hydrogen-bond acceptors (Lipinski definition) is 7. The molecule has 4 aliphatic rings. The highest BCUT2D eigenvalue weighted by Gasteiger charge is 2.49. The van der Waals surface area contributed by atoms with Crippen molar-refractivity contribution < 1.29 is 51.5 Å². The zero-order chi connectivity index (χ0) is 32.9. The fourth-order valence-corrected chi connectivity index (χ4v) is 6.84. The minimum Gasteiger partial charge on any atom is -0.487 e. The lowest BCUT2D eigenvalue weighted by Crippen LogP contribution is -2.25. The highest BCUT2D eigenvalue weighted by Crippen LogP contribution is 2.46. The third-order valence-corrected chi connectivity index (χ3v) is 9.09. The molecule has 9 atom stereocenters. The summed E-state index contributed by atoms with van der Waals surface area (Å²) in [7, 11) is 0. The molecular weight excluding hydrogens is 632 g/mol. The lowest BCUT2D eigenvalue weighted by Gasteiger charge is -2.18. The molecule has 2 aliphatic carbocycles. The van der Waals surface area contributed by atoms with Crippen LogP contribution in [-0.4, -0.2) is 65.8 Å². The molecule has 2 saturated heterocycles. The Labute approximate surface area is 280 Å². The van der Waals surface area contributed by atoms with Crippen LogP contribution in [0.3, 0.4) is 0 Å². The predicted octanol–water partition coefficient (Wildman–Crippen LogP) is 7.48. The molecular formula is C37H48F4O7. The molecule has 48 heavy (non-hydrogen) atoms. The van der Waals surface area contributed by atoms with Crippen LogP contribution in [0.25, 0.3) is 0 Å². The maximum atomic E-state index is 14.0. The van der Waals surface area contributed by atoms with Gasteiger partial charge in [-0.25, -0.2) is 0 Å². The summed E-state index contributed by atoms with van der Waals surface area (Å²) in [5, 5.41) is 19.5. The summed E-state index contributed by atoms with van der Waals surface area (Å²) in [6.45, 7) is 0.557. The van der Waals surface area contributed by atoms with Crippen LogP contribution < -0.4 is 9.47 Å². The van der Waals surface area contributed by atoms with E-state index in [1.54, 1.807) is 66.7 Å². The van der Waals surface area contributed by atoms with Gasteiger partial charge in [-0.2, -0.15) is 17.6 Å². The third-order valence-electron chi connectivity index (χ3n) is 9.09. The summed E-state index contributed by atoms with van der Waals surface area (Å²) in [6.07, 6.45) is 4.44. The van der Waals surface area contributed by atoms with Crippen LogP contribution in [0.5, 0.6) is 11.5 Å². The SMILES string of the molecule is C.C.C[C@@H]1C[C@@H]2OC(=O)C[C@@H]2[C@H]1/C=C/C(F)(F)COc1ccccc1.OC1C[C@@H]2[C@@H](/C=C/C(F)(F)COc3ccccc3)[C@H](O)C[C@@H]2O1. The molecule has 0 aromatic heterocycles. The van der Waals surface area contributed by atoms with Crippen molar-refractivity contribution in [2.75, 3.05) is 13.2 Å². The van der Waals surface area contributed by atoms with Gasteiger partial charge in [-0.15, -0.1) is 0 Å². The van der Waals surface area contributed by atoms with E-state index >= 15 is 0 Å². The average molecular weight is 681 g/mol. The Balaban J connectivity index is 0.000000250. The van der Waals surface area contributed by atoms with Crippen LogP contribution in [0.15, 0.2) is 85.0 Å². The summed E-state index contributed by atoms with van der Waals surface area (Å²) in [5.74, 6) is -5.93. The third kappa shape index (κ3) is 10.3. The number of hydrogen-bond donors (Lipinski definition) is 2. The number of aliphatic hydroxyl groups excluding tert-OH is 2. The second kappa shape index (κ2) is 16.8. The van der Waals surface area contributed by atoms with Crippen molar-refractivity contribution in [1.29, 1.82) is 0 Å². The van der Waals surface area contributed by atoms with Gasteiger partial charge in [0.25, 0.3) is 11.8 Å². The zero-order valence-corrected chi connectivity index (χ0v) is 25.5. The number of esters is 1. The molecule has 2 aromatic carbocycles. The van der Waals surface area contributed by atoms with Crippen LogP contribution in [0, 0.1) is 29.6 Å². The second-order valence-corrected chi connectivity index (χ2v) is 12.5. The summed E-state index contributed by atoms with van der Waals surface area (Å²) < 4.78 is 76.6. The minimum absolute atomic E-state index is 0. The summed E-state index contributed by atoms with van der Waals surface area (Å²) in [4.78, 5) is 11.4. The van der Waals surface area contributed by atoms with E-state index in [1.165, 1.54) is 6.08 Å². The maximum Gasteiger partial charge on any atom is 0.306 e. The van der Waals surface area contributed by atoms with E-state index in [4.69, 9.17) is 18.9 Å². The molecule has 7 nitrogen and oxygen atoms in total. The quantitative estimate of drug-likeness (QED) is 0.153. The summed E-state index contributed by atoms with van der Waals surface area (Å²) in [5.41, 5.74) is 0. The zero-order valence-electron chi connectivity index (χ0n) is 25.5. The smallest absolute Gasteiger partial charge is 0.306 e. The lowest BCUT2D eigenvalue weighted by molar-refractivity contribution is -0.141. The molecule has 2 saturated carbocycles. The number of aliphatic hydroxyl groups is 2. The molecule has 2 heterocycles. The topological polar surface area (TPSA) is 94.5 Å². The van der Waals surface area contributed by atoms with Crippen molar-refractivity contribution in [3.63, 3.8) is 0 Å². The van der Waals surface area contributed by atoms with Gasteiger partial charge in [-0.1, -0.05) is 70.3 Å². The molecule has 6 rings (SSSR count). The van der Waals surface area contributed by atoms with Gasteiger partial charge in [0.05, 0.1) is 18.6 Å². The number of alkyl halides is 4. The molecule has 4 fully saturated rings. The number of carbonyl (C=O) groups excluding carboxylic acids is 1. The molecule has 1 unspecified atom stereocenters. The van der Waals surface area contributed by atoms with Crippen molar-refractivity contribution in [1.82, 2.24) is 0 Å². The first-order valence-corrected chi connectivity index (χ1v) is 15.6.